The van der Waals surface area contributed by atoms with E-state index in [0.29, 0.717) is 24.0 Å². The largest absolute Gasteiger partial charge is 0.508 e. The fraction of sp³-hybridized carbons (Fsp3) is 0.364. The maximum absolute atomic E-state index is 12.4. The third kappa shape index (κ3) is 1.64. The van der Waals surface area contributed by atoms with Crippen molar-refractivity contribution in [1.82, 2.24) is 0 Å². The van der Waals surface area contributed by atoms with Crippen molar-refractivity contribution in [3.8, 4) is 5.75 Å². The zero-order valence-electron chi connectivity index (χ0n) is 8.03. The summed E-state index contributed by atoms with van der Waals surface area (Å²) in [6, 6.07) is 4.51. The normalized spacial score (nSPS) is 16.9. The average Bonchev–Trinajstić information content (AvgIpc) is 3.00. The SMILES string of the molecule is O=C=NC1(c2cc(CF)ccc2O)CC1. The molecule has 0 heterocycles. The first-order valence-corrected chi connectivity index (χ1v) is 4.69. The molecule has 1 aliphatic carbocycles. The Kier molecular flexibility index (Phi) is 2.29. The quantitative estimate of drug-likeness (QED) is 0.610. The molecule has 78 valence electrons. The topological polar surface area (TPSA) is 49.7 Å². The number of alkyl halides is 1. The summed E-state index contributed by atoms with van der Waals surface area (Å²) in [5.74, 6) is 0.0590. The van der Waals surface area contributed by atoms with Crippen LogP contribution in [0.4, 0.5) is 4.39 Å². The van der Waals surface area contributed by atoms with Crippen LogP contribution in [0, 0.1) is 0 Å². The van der Waals surface area contributed by atoms with Crippen LogP contribution >= 0.6 is 0 Å². The number of isocyanates is 1. The molecule has 0 radical (unpaired) electrons. The van der Waals surface area contributed by atoms with E-state index in [1.807, 2.05) is 0 Å². The molecule has 1 aromatic carbocycles. The van der Waals surface area contributed by atoms with E-state index in [0.717, 1.165) is 0 Å². The summed E-state index contributed by atoms with van der Waals surface area (Å²) in [5.41, 5.74) is 0.368. The highest BCUT2D eigenvalue weighted by Crippen LogP contribution is 2.52. The van der Waals surface area contributed by atoms with Gasteiger partial charge in [-0.25, -0.2) is 9.18 Å². The van der Waals surface area contributed by atoms with Crippen molar-refractivity contribution in [2.75, 3.05) is 0 Å². The zero-order valence-corrected chi connectivity index (χ0v) is 8.03. The second-order valence-electron chi connectivity index (χ2n) is 3.72. The molecule has 15 heavy (non-hydrogen) atoms. The monoisotopic (exact) mass is 207 g/mol. The predicted octanol–water partition coefficient (Wildman–Crippen LogP) is 2.19. The van der Waals surface area contributed by atoms with Crippen molar-refractivity contribution in [3.05, 3.63) is 29.3 Å². The number of carbonyl (C=O) groups excluding carboxylic acids is 1. The number of rotatable bonds is 3. The molecule has 1 aliphatic rings. The Morgan fingerprint density at radius 2 is 2.27 bits per heavy atom. The highest BCUT2D eigenvalue weighted by molar-refractivity contribution is 5.48. The maximum Gasteiger partial charge on any atom is 0.235 e. The van der Waals surface area contributed by atoms with Gasteiger partial charge in [-0.05, 0) is 30.5 Å². The van der Waals surface area contributed by atoms with Crippen molar-refractivity contribution in [2.45, 2.75) is 25.1 Å². The Morgan fingerprint density at radius 3 is 2.80 bits per heavy atom. The number of halogens is 1. The summed E-state index contributed by atoms with van der Waals surface area (Å²) in [4.78, 5) is 13.9. The third-order valence-electron chi connectivity index (χ3n) is 2.70. The van der Waals surface area contributed by atoms with Gasteiger partial charge in [0.15, 0.2) is 0 Å². The van der Waals surface area contributed by atoms with Crippen molar-refractivity contribution < 1.29 is 14.3 Å². The number of benzene rings is 1. The lowest BCUT2D eigenvalue weighted by Crippen LogP contribution is -2.03. The molecule has 0 aliphatic heterocycles. The van der Waals surface area contributed by atoms with Crippen LogP contribution in [0.25, 0.3) is 0 Å². The first kappa shape index (κ1) is 9.87. The summed E-state index contributed by atoms with van der Waals surface area (Å²) in [7, 11) is 0. The Morgan fingerprint density at radius 1 is 1.53 bits per heavy atom. The lowest BCUT2D eigenvalue weighted by atomic mass is 10.0. The molecule has 0 spiro atoms. The Balaban J connectivity index is 2.47. The van der Waals surface area contributed by atoms with Crippen LogP contribution in [0.5, 0.6) is 5.75 Å². The first-order valence-electron chi connectivity index (χ1n) is 4.69. The molecule has 1 saturated carbocycles. The summed E-state index contributed by atoms with van der Waals surface area (Å²) in [6.45, 7) is -0.589. The van der Waals surface area contributed by atoms with Gasteiger partial charge in [0.05, 0.1) is 0 Å². The van der Waals surface area contributed by atoms with E-state index in [9.17, 15) is 14.3 Å². The minimum atomic E-state index is -0.642. The van der Waals surface area contributed by atoms with Crippen molar-refractivity contribution in [2.24, 2.45) is 4.99 Å². The number of hydrogen-bond acceptors (Lipinski definition) is 3. The molecule has 1 fully saturated rings. The van der Waals surface area contributed by atoms with Crippen molar-refractivity contribution >= 4 is 6.08 Å². The lowest BCUT2D eigenvalue weighted by molar-refractivity contribution is 0.455. The van der Waals surface area contributed by atoms with E-state index in [1.54, 1.807) is 6.07 Å². The zero-order chi connectivity index (χ0) is 10.9. The fourth-order valence-corrected chi connectivity index (χ4v) is 1.69. The van der Waals surface area contributed by atoms with Gasteiger partial charge in [0.2, 0.25) is 6.08 Å². The summed E-state index contributed by atoms with van der Waals surface area (Å²) < 4.78 is 12.4. The van der Waals surface area contributed by atoms with E-state index < -0.39 is 12.2 Å². The predicted molar refractivity (Wildman–Crippen MR) is 52.0 cm³/mol. The minimum Gasteiger partial charge on any atom is -0.508 e. The van der Waals surface area contributed by atoms with Crippen molar-refractivity contribution in [1.29, 1.82) is 0 Å². The molecule has 0 amide bonds. The van der Waals surface area contributed by atoms with Gasteiger partial charge in [-0.2, -0.15) is 4.99 Å². The Bertz CT molecular complexity index is 434. The Hall–Kier alpha value is -1.67. The number of phenols is 1. The Labute approximate surface area is 86.3 Å². The summed E-state index contributed by atoms with van der Waals surface area (Å²) in [5, 5.41) is 9.62. The molecular formula is C11H10FNO2. The van der Waals surface area contributed by atoms with Gasteiger partial charge < -0.3 is 5.11 Å². The number of aliphatic imine (C=N–C) groups is 1. The van der Waals surface area contributed by atoms with Gasteiger partial charge in [-0.15, -0.1) is 0 Å². The van der Waals surface area contributed by atoms with Gasteiger partial charge in [-0.1, -0.05) is 6.07 Å². The molecule has 0 saturated heterocycles. The molecule has 0 aromatic heterocycles. The van der Waals surface area contributed by atoms with Crippen LogP contribution < -0.4 is 0 Å². The highest BCUT2D eigenvalue weighted by Gasteiger charge is 2.46. The van der Waals surface area contributed by atoms with E-state index in [-0.39, 0.29) is 5.75 Å². The van der Waals surface area contributed by atoms with E-state index in [4.69, 9.17) is 0 Å². The van der Waals surface area contributed by atoms with Crippen LogP contribution in [0.3, 0.4) is 0 Å². The molecule has 2 rings (SSSR count). The van der Waals surface area contributed by atoms with Crippen LogP contribution in [0.1, 0.15) is 24.0 Å². The van der Waals surface area contributed by atoms with Crippen LogP contribution in [0.2, 0.25) is 0 Å². The molecular weight excluding hydrogens is 197 g/mol. The molecule has 1 N–H and O–H groups in total. The van der Waals surface area contributed by atoms with Gasteiger partial charge >= 0.3 is 0 Å². The van der Waals surface area contributed by atoms with Gasteiger partial charge in [0.1, 0.15) is 18.0 Å². The van der Waals surface area contributed by atoms with Gasteiger partial charge in [0.25, 0.3) is 0 Å². The minimum absolute atomic E-state index is 0.0590. The number of hydrogen-bond donors (Lipinski definition) is 1. The van der Waals surface area contributed by atoms with E-state index in [1.165, 1.54) is 18.2 Å². The third-order valence-corrected chi connectivity index (χ3v) is 2.70. The smallest absolute Gasteiger partial charge is 0.235 e. The standard InChI is InChI=1S/C11H10FNO2/c12-6-8-1-2-10(15)9(5-8)11(3-4-11)13-7-14/h1-2,5,15H,3-4,6H2. The second kappa shape index (κ2) is 3.48. The summed E-state index contributed by atoms with van der Waals surface area (Å²) >= 11 is 0. The summed E-state index contributed by atoms with van der Waals surface area (Å²) in [6.07, 6.45) is 2.90. The molecule has 3 nitrogen and oxygen atoms in total. The molecule has 1 aromatic rings. The van der Waals surface area contributed by atoms with Crippen molar-refractivity contribution in [3.63, 3.8) is 0 Å². The lowest BCUT2D eigenvalue weighted by Gasteiger charge is -2.11. The molecule has 0 unspecified atom stereocenters. The van der Waals surface area contributed by atoms with Gasteiger partial charge in [-0.3, -0.25) is 0 Å². The highest BCUT2D eigenvalue weighted by atomic mass is 19.1. The first-order chi connectivity index (χ1) is 7.22. The van der Waals surface area contributed by atoms with Crippen LogP contribution in [-0.4, -0.2) is 11.2 Å². The average molecular weight is 207 g/mol. The number of phenolic OH excluding ortho intramolecular Hbond substituents is 1. The van der Waals surface area contributed by atoms with E-state index in [2.05, 4.69) is 4.99 Å². The molecule has 4 heteroatoms. The molecule has 0 atom stereocenters. The van der Waals surface area contributed by atoms with E-state index >= 15 is 0 Å². The molecule has 0 bridgehead atoms. The van der Waals surface area contributed by atoms with Crippen LogP contribution in [0.15, 0.2) is 23.2 Å². The number of nitrogens with zero attached hydrogens (tertiary/aromatic N) is 1. The van der Waals surface area contributed by atoms with Gasteiger partial charge in [0, 0.05) is 5.56 Å². The maximum atomic E-state index is 12.4. The fourth-order valence-electron chi connectivity index (χ4n) is 1.69. The number of aromatic hydroxyl groups is 1. The van der Waals surface area contributed by atoms with Crippen LogP contribution in [-0.2, 0) is 17.0 Å². The second-order valence-corrected chi connectivity index (χ2v) is 3.72.